The summed E-state index contributed by atoms with van der Waals surface area (Å²) in [5.41, 5.74) is 0. The van der Waals surface area contributed by atoms with E-state index in [1.807, 2.05) is 0 Å². The van der Waals surface area contributed by atoms with E-state index in [-0.39, 0.29) is 0 Å². The van der Waals surface area contributed by atoms with Crippen molar-refractivity contribution in [3.05, 3.63) is 24.3 Å². The molecule has 0 aromatic rings. The molecule has 0 N–H and O–H groups in total. The highest BCUT2D eigenvalue weighted by Gasteiger charge is 1.87. The average molecular weight is 149 g/mol. The van der Waals surface area contributed by atoms with E-state index in [1.165, 1.54) is 38.5 Å². The number of hydrogen-bond acceptors (Lipinski definition) is 0. The summed E-state index contributed by atoms with van der Waals surface area (Å²) in [6, 6.07) is 0. The molecule has 61 valence electrons. The first kappa shape index (κ1) is 8.58. The van der Waals surface area contributed by atoms with Gasteiger partial charge in [0.05, 0.1) is 0 Å². The van der Waals surface area contributed by atoms with Gasteiger partial charge in [0, 0.05) is 0 Å². The first-order chi connectivity index (χ1) is 5.50. The van der Waals surface area contributed by atoms with Crippen molar-refractivity contribution in [2.24, 2.45) is 0 Å². The van der Waals surface area contributed by atoms with Crippen molar-refractivity contribution in [1.29, 1.82) is 0 Å². The van der Waals surface area contributed by atoms with Crippen LogP contribution in [0.2, 0.25) is 0 Å². The van der Waals surface area contributed by atoms with Crippen LogP contribution in [-0.2, 0) is 0 Å². The monoisotopic (exact) mass is 149 g/mol. The molecule has 0 atom stereocenters. The van der Waals surface area contributed by atoms with E-state index in [1.54, 1.807) is 0 Å². The molecule has 0 nitrogen and oxygen atoms in total. The fraction of sp³-hybridized carbons (Fsp3) is 0.636. The van der Waals surface area contributed by atoms with E-state index in [4.69, 9.17) is 0 Å². The van der Waals surface area contributed by atoms with Crippen LogP contribution in [-0.4, -0.2) is 0 Å². The van der Waals surface area contributed by atoms with Gasteiger partial charge in [0.25, 0.3) is 0 Å². The van der Waals surface area contributed by atoms with Gasteiger partial charge < -0.3 is 0 Å². The van der Waals surface area contributed by atoms with Crippen LogP contribution in [0.1, 0.15) is 44.9 Å². The highest BCUT2D eigenvalue weighted by Crippen LogP contribution is 2.07. The molecular weight excluding hydrogens is 132 g/mol. The van der Waals surface area contributed by atoms with Crippen LogP contribution in [0, 0.1) is 6.08 Å². The van der Waals surface area contributed by atoms with Crippen molar-refractivity contribution in [2.45, 2.75) is 44.9 Å². The fourth-order valence-electron chi connectivity index (χ4n) is 1.29. The van der Waals surface area contributed by atoms with Crippen LogP contribution in [0.4, 0.5) is 0 Å². The van der Waals surface area contributed by atoms with Gasteiger partial charge in [0.15, 0.2) is 0 Å². The van der Waals surface area contributed by atoms with Gasteiger partial charge in [-0.1, -0.05) is 24.6 Å². The molecule has 1 aliphatic rings. The lowest BCUT2D eigenvalue weighted by molar-refractivity contribution is 0.696. The molecule has 0 aromatic heterocycles. The molecule has 0 bridgehead atoms. The Morgan fingerprint density at radius 1 is 0.818 bits per heavy atom. The molecule has 0 fully saturated rings. The summed E-state index contributed by atoms with van der Waals surface area (Å²) in [5, 5.41) is 0. The smallest absolute Gasteiger partial charge is 0.0245 e. The zero-order valence-electron chi connectivity index (χ0n) is 7.18. The van der Waals surface area contributed by atoms with Gasteiger partial charge in [0.1, 0.15) is 0 Å². The Kier molecular flexibility index (Phi) is 4.84. The Morgan fingerprint density at radius 3 is 2.64 bits per heavy atom. The Balaban J connectivity index is 2.22. The van der Waals surface area contributed by atoms with E-state index in [0.717, 1.165) is 6.42 Å². The zero-order valence-corrected chi connectivity index (χ0v) is 7.18. The predicted octanol–water partition coefficient (Wildman–Crippen LogP) is 3.65. The molecule has 0 amide bonds. The van der Waals surface area contributed by atoms with Crippen molar-refractivity contribution in [3.8, 4) is 0 Å². The van der Waals surface area contributed by atoms with Gasteiger partial charge in [0.2, 0.25) is 0 Å². The minimum atomic E-state index is 1.11. The number of allylic oxidation sites excluding steroid dienone is 4. The van der Waals surface area contributed by atoms with E-state index >= 15 is 0 Å². The second-order valence-electron chi connectivity index (χ2n) is 3.06. The summed E-state index contributed by atoms with van der Waals surface area (Å²) in [6.45, 7) is 0. The zero-order chi connectivity index (χ0) is 7.78. The molecule has 1 rings (SSSR count). The Labute approximate surface area is 70.0 Å². The summed E-state index contributed by atoms with van der Waals surface area (Å²) in [6.07, 6.45) is 19.0. The van der Waals surface area contributed by atoms with Crippen molar-refractivity contribution in [2.75, 3.05) is 0 Å². The molecule has 0 saturated heterocycles. The Morgan fingerprint density at radius 2 is 1.64 bits per heavy atom. The third kappa shape index (κ3) is 4.83. The number of rotatable bonds is 0. The van der Waals surface area contributed by atoms with E-state index < -0.39 is 0 Å². The second-order valence-corrected chi connectivity index (χ2v) is 3.06. The molecule has 0 spiro atoms. The first-order valence-electron chi connectivity index (χ1n) is 4.70. The van der Waals surface area contributed by atoms with Gasteiger partial charge in [-0.15, -0.1) is 0 Å². The summed E-state index contributed by atoms with van der Waals surface area (Å²) >= 11 is 0. The summed E-state index contributed by atoms with van der Waals surface area (Å²) < 4.78 is 0. The van der Waals surface area contributed by atoms with Gasteiger partial charge >= 0.3 is 0 Å². The third-order valence-corrected chi connectivity index (χ3v) is 1.99. The lowest BCUT2D eigenvalue weighted by Gasteiger charge is -1.93. The average Bonchev–Trinajstić information content (AvgIpc) is 2.08. The highest BCUT2D eigenvalue weighted by molar-refractivity contribution is 4.85. The van der Waals surface area contributed by atoms with Crippen LogP contribution in [0.25, 0.3) is 0 Å². The molecule has 11 heavy (non-hydrogen) atoms. The summed E-state index contributed by atoms with van der Waals surface area (Å²) in [4.78, 5) is 0. The minimum absolute atomic E-state index is 1.11. The molecule has 0 saturated carbocycles. The van der Waals surface area contributed by atoms with Crippen LogP contribution in [0.5, 0.6) is 0 Å². The van der Waals surface area contributed by atoms with Crippen molar-refractivity contribution in [1.82, 2.24) is 0 Å². The quantitative estimate of drug-likeness (QED) is 0.461. The Bertz CT molecular complexity index is 115. The van der Waals surface area contributed by atoms with Crippen molar-refractivity contribution < 1.29 is 0 Å². The van der Waals surface area contributed by atoms with E-state index in [9.17, 15) is 0 Å². The van der Waals surface area contributed by atoms with E-state index in [2.05, 4.69) is 24.3 Å². The summed E-state index contributed by atoms with van der Waals surface area (Å²) in [5.74, 6) is 0. The molecule has 1 aliphatic carbocycles. The molecular formula is C11H17. The Hall–Kier alpha value is -0.520. The molecule has 0 aromatic carbocycles. The normalized spacial score (nSPS) is 21.1. The fourth-order valence-corrected chi connectivity index (χ4v) is 1.29. The largest absolute Gasteiger partial charge is 0.0885 e. The van der Waals surface area contributed by atoms with Crippen LogP contribution in [0.3, 0.4) is 0 Å². The highest BCUT2D eigenvalue weighted by atomic mass is 13.9. The van der Waals surface area contributed by atoms with Crippen molar-refractivity contribution in [3.63, 3.8) is 0 Å². The van der Waals surface area contributed by atoms with Gasteiger partial charge in [-0.2, -0.15) is 0 Å². The molecule has 1 radical (unpaired) electrons. The SMILES string of the molecule is [C]1=CCCCCCC=CCC1. The minimum Gasteiger partial charge on any atom is -0.0885 e. The topological polar surface area (TPSA) is 0 Å². The summed E-state index contributed by atoms with van der Waals surface area (Å²) in [7, 11) is 0. The van der Waals surface area contributed by atoms with Crippen LogP contribution < -0.4 is 0 Å². The lowest BCUT2D eigenvalue weighted by Crippen LogP contribution is -1.73. The third-order valence-electron chi connectivity index (χ3n) is 1.99. The molecule has 0 heterocycles. The maximum atomic E-state index is 3.31. The van der Waals surface area contributed by atoms with Gasteiger partial charge in [-0.05, 0) is 44.6 Å². The van der Waals surface area contributed by atoms with Crippen LogP contribution >= 0.6 is 0 Å². The van der Waals surface area contributed by atoms with E-state index in [0.29, 0.717) is 0 Å². The molecule has 0 heteroatoms. The standard InChI is InChI=1S/C11H17/c1-2-4-6-8-10-11-9-7-5-3-1/h1-2,10H,3-7,9,11H2. The number of hydrogen-bond donors (Lipinski definition) is 0. The van der Waals surface area contributed by atoms with Crippen LogP contribution in [0.15, 0.2) is 18.2 Å². The second kappa shape index (κ2) is 6.21. The maximum Gasteiger partial charge on any atom is -0.0245 e. The van der Waals surface area contributed by atoms with Crippen molar-refractivity contribution >= 4 is 0 Å². The first-order valence-corrected chi connectivity index (χ1v) is 4.70. The van der Waals surface area contributed by atoms with Gasteiger partial charge in [-0.3, -0.25) is 0 Å². The predicted molar refractivity (Wildman–Crippen MR) is 49.3 cm³/mol. The lowest BCUT2D eigenvalue weighted by atomic mass is 10.1. The molecule has 0 aliphatic heterocycles. The maximum absolute atomic E-state index is 3.31. The molecule has 0 unspecified atom stereocenters. The van der Waals surface area contributed by atoms with Gasteiger partial charge in [-0.25, -0.2) is 0 Å².